The molecule has 0 atom stereocenters. The molecule has 0 saturated carbocycles. The fraction of sp³-hybridized carbons (Fsp3) is 0. The van der Waals surface area contributed by atoms with Gasteiger partial charge in [-0.05, 0) is 37.9 Å². The van der Waals surface area contributed by atoms with E-state index in [-0.39, 0.29) is 0 Å². The molecule has 4 nitrogen and oxygen atoms in total. The SMILES string of the molecule is N#Cc1cnc(-n2nc(Br)cc2Br)c(Cl)c1. The third-order valence-electron chi connectivity index (χ3n) is 1.79. The van der Waals surface area contributed by atoms with Gasteiger partial charge in [0.15, 0.2) is 5.82 Å². The summed E-state index contributed by atoms with van der Waals surface area (Å²) in [4.78, 5) is 4.09. The monoisotopic (exact) mass is 360 g/mol. The first-order valence-electron chi connectivity index (χ1n) is 4.09. The molecule has 0 saturated heterocycles. The van der Waals surface area contributed by atoms with Crippen LogP contribution < -0.4 is 0 Å². The Hall–Kier alpha value is -0.900. The van der Waals surface area contributed by atoms with Gasteiger partial charge >= 0.3 is 0 Å². The van der Waals surface area contributed by atoms with Crippen molar-refractivity contribution in [3.8, 4) is 11.9 Å². The predicted octanol–water partition coefficient (Wildman–Crippen LogP) is 3.32. The lowest BCUT2D eigenvalue weighted by atomic mass is 10.3. The Balaban J connectivity index is 2.57. The molecule has 7 heteroatoms. The zero-order valence-electron chi connectivity index (χ0n) is 7.65. The highest BCUT2D eigenvalue weighted by Gasteiger charge is 2.11. The smallest absolute Gasteiger partial charge is 0.173 e. The molecule has 0 amide bonds. The first kappa shape index (κ1) is 11.6. The predicted molar refractivity (Wildman–Crippen MR) is 66.5 cm³/mol. The highest BCUT2D eigenvalue weighted by Crippen LogP contribution is 2.24. The van der Waals surface area contributed by atoms with Crippen LogP contribution in [0.15, 0.2) is 27.5 Å². The van der Waals surface area contributed by atoms with Crippen LogP contribution in [0.3, 0.4) is 0 Å². The van der Waals surface area contributed by atoms with Crippen LogP contribution in [-0.2, 0) is 0 Å². The van der Waals surface area contributed by atoms with E-state index in [2.05, 4.69) is 41.9 Å². The van der Waals surface area contributed by atoms with Gasteiger partial charge < -0.3 is 0 Å². The number of hydrogen-bond donors (Lipinski definition) is 0. The molecule has 0 aliphatic heterocycles. The van der Waals surface area contributed by atoms with Crippen molar-refractivity contribution < 1.29 is 0 Å². The van der Waals surface area contributed by atoms with Crippen LogP contribution in [-0.4, -0.2) is 14.8 Å². The Morgan fingerprint density at radius 2 is 2.12 bits per heavy atom. The number of halogens is 3. The van der Waals surface area contributed by atoms with E-state index in [1.807, 2.05) is 6.07 Å². The fourth-order valence-electron chi connectivity index (χ4n) is 1.13. The molecule has 2 aromatic heterocycles. The molecule has 0 aliphatic rings. The fourth-order valence-corrected chi connectivity index (χ4v) is 2.52. The van der Waals surface area contributed by atoms with Crippen molar-refractivity contribution in [3.05, 3.63) is 38.1 Å². The van der Waals surface area contributed by atoms with Gasteiger partial charge in [0, 0.05) is 12.3 Å². The summed E-state index contributed by atoms with van der Waals surface area (Å²) in [6.45, 7) is 0. The van der Waals surface area contributed by atoms with Gasteiger partial charge in [0.05, 0.1) is 10.6 Å². The van der Waals surface area contributed by atoms with Gasteiger partial charge in [0.1, 0.15) is 15.3 Å². The van der Waals surface area contributed by atoms with Gasteiger partial charge in [-0.25, -0.2) is 9.67 Å². The summed E-state index contributed by atoms with van der Waals surface area (Å²) in [5, 5.41) is 13.2. The molecule has 0 bridgehead atoms. The van der Waals surface area contributed by atoms with E-state index in [9.17, 15) is 0 Å². The molecule has 16 heavy (non-hydrogen) atoms. The topological polar surface area (TPSA) is 54.5 Å². The molecule has 0 radical (unpaired) electrons. The number of rotatable bonds is 1. The molecule has 2 aromatic rings. The summed E-state index contributed by atoms with van der Waals surface area (Å²) in [5.41, 5.74) is 0.413. The molecule has 0 fully saturated rings. The maximum absolute atomic E-state index is 8.69. The number of aromatic nitrogens is 3. The Kier molecular flexibility index (Phi) is 3.28. The van der Waals surface area contributed by atoms with Crippen LogP contribution in [0.1, 0.15) is 5.56 Å². The van der Waals surface area contributed by atoms with Crippen molar-refractivity contribution in [2.75, 3.05) is 0 Å². The van der Waals surface area contributed by atoms with Crippen LogP contribution in [0, 0.1) is 11.3 Å². The molecular formula is C9H3Br2ClN4. The lowest BCUT2D eigenvalue weighted by Gasteiger charge is -2.04. The maximum atomic E-state index is 8.69. The third-order valence-corrected chi connectivity index (χ3v) is 3.02. The molecule has 0 unspecified atom stereocenters. The number of pyridine rings is 1. The van der Waals surface area contributed by atoms with Crippen molar-refractivity contribution in [3.63, 3.8) is 0 Å². The number of nitriles is 1. The first-order chi connectivity index (χ1) is 7.61. The van der Waals surface area contributed by atoms with E-state index < -0.39 is 0 Å². The Bertz CT molecular complexity index is 588. The summed E-state index contributed by atoms with van der Waals surface area (Å²) >= 11 is 12.6. The second-order valence-corrected chi connectivity index (χ2v) is 4.87. The second kappa shape index (κ2) is 4.53. The molecule has 0 aromatic carbocycles. The van der Waals surface area contributed by atoms with Gasteiger partial charge in [0.25, 0.3) is 0 Å². The number of nitrogens with zero attached hydrogens (tertiary/aromatic N) is 4. The van der Waals surface area contributed by atoms with Gasteiger partial charge in [-0.1, -0.05) is 11.6 Å². The molecular weight excluding hydrogens is 359 g/mol. The highest BCUT2D eigenvalue weighted by atomic mass is 79.9. The normalized spacial score (nSPS) is 10.1. The zero-order chi connectivity index (χ0) is 11.7. The lowest BCUT2D eigenvalue weighted by Crippen LogP contribution is -2.01. The second-order valence-electron chi connectivity index (χ2n) is 2.84. The largest absolute Gasteiger partial charge is 0.234 e. The lowest BCUT2D eigenvalue weighted by molar-refractivity contribution is 0.821. The van der Waals surface area contributed by atoms with E-state index in [0.717, 1.165) is 4.60 Å². The van der Waals surface area contributed by atoms with Crippen molar-refractivity contribution in [1.82, 2.24) is 14.8 Å². The molecule has 0 spiro atoms. The van der Waals surface area contributed by atoms with Crippen molar-refractivity contribution >= 4 is 43.5 Å². The molecule has 0 aliphatic carbocycles. The summed E-state index contributed by atoms with van der Waals surface area (Å²) < 4.78 is 2.92. The molecule has 2 rings (SSSR count). The zero-order valence-corrected chi connectivity index (χ0v) is 11.6. The van der Waals surface area contributed by atoms with Gasteiger partial charge in [-0.3, -0.25) is 0 Å². The van der Waals surface area contributed by atoms with Crippen molar-refractivity contribution in [1.29, 1.82) is 5.26 Å². The summed E-state index contributed by atoms with van der Waals surface area (Å²) in [7, 11) is 0. The summed E-state index contributed by atoms with van der Waals surface area (Å²) in [6, 6.07) is 5.29. The van der Waals surface area contributed by atoms with Crippen LogP contribution in [0.5, 0.6) is 0 Å². The van der Waals surface area contributed by atoms with E-state index in [0.29, 0.717) is 21.0 Å². The first-order valence-corrected chi connectivity index (χ1v) is 6.05. The third kappa shape index (κ3) is 2.12. The molecule has 2 heterocycles. The van der Waals surface area contributed by atoms with E-state index in [1.165, 1.54) is 10.9 Å². The van der Waals surface area contributed by atoms with E-state index in [4.69, 9.17) is 16.9 Å². The van der Waals surface area contributed by atoms with Crippen LogP contribution in [0.4, 0.5) is 0 Å². The molecule has 0 N–H and O–H groups in total. The standard InChI is InChI=1S/C9H3Br2ClN4/c10-7-2-8(11)16(15-7)9-6(12)1-5(3-13)4-14-9/h1-2,4H. The molecule has 80 valence electrons. The average molecular weight is 362 g/mol. The maximum Gasteiger partial charge on any atom is 0.173 e. The van der Waals surface area contributed by atoms with Crippen molar-refractivity contribution in [2.45, 2.75) is 0 Å². The van der Waals surface area contributed by atoms with Gasteiger partial charge in [-0.2, -0.15) is 10.4 Å². The van der Waals surface area contributed by atoms with E-state index >= 15 is 0 Å². The summed E-state index contributed by atoms with van der Waals surface area (Å²) in [5.74, 6) is 0.471. The minimum Gasteiger partial charge on any atom is -0.234 e. The van der Waals surface area contributed by atoms with Crippen LogP contribution in [0.2, 0.25) is 5.02 Å². The van der Waals surface area contributed by atoms with E-state index in [1.54, 1.807) is 12.1 Å². The van der Waals surface area contributed by atoms with Crippen LogP contribution >= 0.6 is 43.5 Å². The quantitative estimate of drug-likeness (QED) is 0.782. The summed E-state index contributed by atoms with van der Waals surface area (Å²) in [6.07, 6.45) is 1.45. The van der Waals surface area contributed by atoms with Gasteiger partial charge in [0.2, 0.25) is 0 Å². The van der Waals surface area contributed by atoms with Crippen molar-refractivity contribution in [2.24, 2.45) is 0 Å². The minimum absolute atomic E-state index is 0.371. The highest BCUT2D eigenvalue weighted by molar-refractivity contribution is 9.11. The Labute approximate surface area is 113 Å². The Morgan fingerprint density at radius 1 is 1.38 bits per heavy atom. The number of hydrogen-bond acceptors (Lipinski definition) is 3. The Morgan fingerprint density at radius 3 is 2.62 bits per heavy atom. The average Bonchev–Trinajstić information content (AvgIpc) is 2.57. The minimum atomic E-state index is 0.371. The van der Waals surface area contributed by atoms with Gasteiger partial charge in [-0.15, -0.1) is 0 Å². The van der Waals surface area contributed by atoms with Crippen LogP contribution in [0.25, 0.3) is 5.82 Å².